The number of aryl methyl sites for hydroxylation is 1. The molecule has 1 N–H and O–H groups in total. The number of amides is 1. The summed E-state index contributed by atoms with van der Waals surface area (Å²) >= 11 is 0. The Bertz CT molecular complexity index is 886. The van der Waals surface area contributed by atoms with Crippen LogP contribution in [0, 0.1) is 12.3 Å². The first-order valence-electron chi connectivity index (χ1n) is 9.24. The molecule has 29 heavy (non-hydrogen) atoms. The van der Waals surface area contributed by atoms with Gasteiger partial charge >= 0.3 is 6.18 Å². The Morgan fingerprint density at radius 2 is 2.03 bits per heavy atom. The average molecular weight is 412 g/mol. The van der Waals surface area contributed by atoms with E-state index in [1.165, 1.54) is 12.3 Å². The van der Waals surface area contributed by atoms with Crippen molar-refractivity contribution in [3.05, 3.63) is 35.2 Å². The van der Waals surface area contributed by atoms with Gasteiger partial charge < -0.3 is 14.6 Å². The van der Waals surface area contributed by atoms with Crippen molar-refractivity contribution in [2.75, 3.05) is 6.61 Å². The predicted octanol–water partition coefficient (Wildman–Crippen LogP) is 4.11. The van der Waals surface area contributed by atoms with Crippen LogP contribution in [0.25, 0.3) is 0 Å². The summed E-state index contributed by atoms with van der Waals surface area (Å²) in [6.07, 6.45) is -1.14. The van der Waals surface area contributed by atoms with E-state index in [2.05, 4.69) is 20.4 Å². The Kier molecular flexibility index (Phi) is 5.55. The van der Waals surface area contributed by atoms with Crippen molar-refractivity contribution in [1.29, 1.82) is 0 Å². The maximum absolute atomic E-state index is 12.9. The molecule has 0 radical (unpaired) electrons. The molecule has 2 heterocycles. The van der Waals surface area contributed by atoms with Crippen LogP contribution in [0.15, 0.2) is 16.8 Å². The monoisotopic (exact) mass is 412 g/mol. The number of aromatic nitrogens is 3. The molecule has 7 nitrogen and oxygen atoms in total. The lowest BCUT2D eigenvalue weighted by Gasteiger charge is -2.29. The highest BCUT2D eigenvalue weighted by Gasteiger charge is 2.35. The van der Waals surface area contributed by atoms with Gasteiger partial charge in [-0.1, -0.05) is 25.9 Å². The van der Waals surface area contributed by atoms with Crippen molar-refractivity contribution >= 4 is 5.91 Å². The molecule has 2 aromatic heterocycles. The van der Waals surface area contributed by atoms with Crippen molar-refractivity contribution < 1.29 is 27.2 Å². The van der Waals surface area contributed by atoms with Gasteiger partial charge in [-0.2, -0.15) is 18.2 Å². The predicted molar refractivity (Wildman–Crippen MR) is 96.5 cm³/mol. The molecule has 1 saturated carbocycles. The quantitative estimate of drug-likeness (QED) is 0.768. The molecular weight excluding hydrogens is 389 g/mol. The first-order chi connectivity index (χ1) is 13.4. The van der Waals surface area contributed by atoms with Crippen LogP contribution in [0.4, 0.5) is 13.2 Å². The van der Waals surface area contributed by atoms with Crippen molar-refractivity contribution in [1.82, 2.24) is 20.4 Å². The van der Waals surface area contributed by atoms with Crippen LogP contribution in [-0.2, 0) is 0 Å². The second-order valence-electron chi connectivity index (χ2n) is 8.24. The molecule has 0 spiro atoms. The van der Waals surface area contributed by atoms with Crippen molar-refractivity contribution in [2.24, 2.45) is 5.41 Å². The minimum Gasteiger partial charge on any atom is -0.482 e. The molecular formula is C19H23F3N4O3. The van der Waals surface area contributed by atoms with Gasteiger partial charge in [0.1, 0.15) is 0 Å². The molecule has 1 aliphatic carbocycles. The maximum atomic E-state index is 12.9. The minimum atomic E-state index is -4.53. The number of carbonyl (C=O) groups is 1. The fourth-order valence-corrected chi connectivity index (χ4v) is 2.84. The molecule has 0 unspecified atom stereocenters. The van der Waals surface area contributed by atoms with Gasteiger partial charge in [0.2, 0.25) is 5.89 Å². The number of pyridine rings is 1. The SMILES string of the molecule is Cc1nc([C@@H](NC(=O)c2ncc(C3CC3)cc2OCC(F)(F)F)C(C)(C)C)no1. The van der Waals surface area contributed by atoms with Gasteiger partial charge in [-0.15, -0.1) is 0 Å². The molecule has 0 aliphatic heterocycles. The van der Waals surface area contributed by atoms with Gasteiger partial charge in [0.25, 0.3) is 5.91 Å². The molecule has 2 aromatic rings. The number of rotatable bonds is 6. The first kappa shape index (κ1) is 21.1. The van der Waals surface area contributed by atoms with Crippen LogP contribution >= 0.6 is 0 Å². The largest absolute Gasteiger partial charge is 0.482 e. The average Bonchev–Trinajstić information content (AvgIpc) is 3.37. The van der Waals surface area contributed by atoms with Crippen molar-refractivity contribution in [3.8, 4) is 5.75 Å². The van der Waals surface area contributed by atoms with Crippen LogP contribution in [0.1, 0.15) is 73.3 Å². The van der Waals surface area contributed by atoms with E-state index in [-0.39, 0.29) is 23.2 Å². The summed E-state index contributed by atoms with van der Waals surface area (Å²) in [5.41, 5.74) is 0.0559. The Labute approximate surface area is 166 Å². The highest BCUT2D eigenvalue weighted by atomic mass is 19.4. The first-order valence-corrected chi connectivity index (χ1v) is 9.24. The van der Waals surface area contributed by atoms with Crippen LogP contribution in [0.2, 0.25) is 0 Å². The Morgan fingerprint density at radius 3 is 2.55 bits per heavy atom. The fourth-order valence-electron chi connectivity index (χ4n) is 2.84. The molecule has 1 fully saturated rings. The summed E-state index contributed by atoms with van der Waals surface area (Å²) in [6, 6.07) is 0.823. The third kappa shape index (κ3) is 5.45. The fraction of sp³-hybridized carbons (Fsp3) is 0.579. The van der Waals surface area contributed by atoms with E-state index in [0.717, 1.165) is 18.4 Å². The summed E-state index contributed by atoms with van der Waals surface area (Å²) in [5.74, 6) is -0.00845. The number of alkyl halides is 3. The van der Waals surface area contributed by atoms with Crippen LogP contribution in [0.5, 0.6) is 5.75 Å². The van der Waals surface area contributed by atoms with E-state index < -0.39 is 30.1 Å². The van der Waals surface area contributed by atoms with Crippen molar-refractivity contribution in [3.63, 3.8) is 0 Å². The highest BCUT2D eigenvalue weighted by molar-refractivity contribution is 5.95. The molecule has 1 atom stereocenters. The van der Waals surface area contributed by atoms with Gasteiger partial charge in [-0.25, -0.2) is 4.98 Å². The number of nitrogens with one attached hydrogen (secondary N) is 1. The third-order valence-corrected chi connectivity index (χ3v) is 4.47. The summed E-state index contributed by atoms with van der Waals surface area (Å²) in [5, 5.41) is 6.62. The van der Waals surface area contributed by atoms with Crippen LogP contribution in [0.3, 0.4) is 0 Å². The molecule has 10 heteroatoms. The highest BCUT2D eigenvalue weighted by Crippen LogP contribution is 2.41. The third-order valence-electron chi connectivity index (χ3n) is 4.47. The summed E-state index contributed by atoms with van der Waals surface area (Å²) in [6.45, 7) is 5.73. The number of nitrogens with zero attached hydrogens (tertiary/aromatic N) is 3. The van der Waals surface area contributed by atoms with Crippen LogP contribution in [-0.4, -0.2) is 33.8 Å². The second kappa shape index (κ2) is 7.64. The normalized spacial score (nSPS) is 15.8. The number of hydrogen-bond acceptors (Lipinski definition) is 6. The molecule has 3 rings (SSSR count). The Balaban J connectivity index is 1.88. The standard InChI is InChI=1S/C19H23F3N4O3/c1-10-24-16(26-29-10)15(18(2,3)4)25-17(27)14-13(28-9-19(20,21)22)7-12(8-23-14)11-5-6-11/h7-8,11,15H,5-6,9H2,1-4H3,(H,25,27)/t15-/m1/s1. The Morgan fingerprint density at radius 1 is 1.34 bits per heavy atom. The second-order valence-corrected chi connectivity index (χ2v) is 8.24. The molecule has 1 aliphatic rings. The van der Waals surface area contributed by atoms with E-state index in [1.54, 1.807) is 6.92 Å². The molecule has 0 saturated heterocycles. The molecule has 158 valence electrons. The van der Waals surface area contributed by atoms with Gasteiger partial charge in [0.15, 0.2) is 23.9 Å². The summed E-state index contributed by atoms with van der Waals surface area (Å²) < 4.78 is 47.9. The van der Waals surface area contributed by atoms with E-state index in [4.69, 9.17) is 9.26 Å². The zero-order valence-electron chi connectivity index (χ0n) is 16.6. The maximum Gasteiger partial charge on any atom is 0.422 e. The van der Waals surface area contributed by atoms with E-state index in [1.807, 2.05) is 20.8 Å². The van der Waals surface area contributed by atoms with E-state index in [9.17, 15) is 18.0 Å². The van der Waals surface area contributed by atoms with E-state index in [0.29, 0.717) is 5.89 Å². The van der Waals surface area contributed by atoms with Gasteiger partial charge in [0.05, 0.1) is 6.04 Å². The van der Waals surface area contributed by atoms with Crippen LogP contribution < -0.4 is 10.1 Å². The number of ether oxygens (including phenoxy) is 1. The zero-order valence-corrected chi connectivity index (χ0v) is 16.6. The van der Waals surface area contributed by atoms with Gasteiger partial charge in [0, 0.05) is 13.1 Å². The molecule has 0 aromatic carbocycles. The summed E-state index contributed by atoms with van der Waals surface area (Å²) in [4.78, 5) is 21.2. The molecule has 1 amide bonds. The lowest BCUT2D eigenvalue weighted by molar-refractivity contribution is -0.153. The number of halogens is 3. The van der Waals surface area contributed by atoms with Gasteiger partial charge in [-0.05, 0) is 35.8 Å². The molecule has 0 bridgehead atoms. The zero-order chi connectivity index (χ0) is 21.4. The van der Waals surface area contributed by atoms with E-state index >= 15 is 0 Å². The minimum absolute atomic E-state index is 0.193. The Hall–Kier alpha value is -2.65. The summed E-state index contributed by atoms with van der Waals surface area (Å²) in [7, 11) is 0. The smallest absolute Gasteiger partial charge is 0.422 e. The lowest BCUT2D eigenvalue weighted by atomic mass is 9.86. The number of hydrogen-bond donors (Lipinski definition) is 1. The number of carbonyl (C=O) groups excluding carboxylic acids is 1. The van der Waals surface area contributed by atoms with Crippen molar-refractivity contribution in [2.45, 2.75) is 58.7 Å². The van der Waals surface area contributed by atoms with Gasteiger partial charge in [-0.3, -0.25) is 4.79 Å². The lowest BCUT2D eigenvalue weighted by Crippen LogP contribution is -2.38. The topological polar surface area (TPSA) is 90.1 Å².